The number of imide groups is 1. The molecule has 3 rings (SSSR count). The van der Waals surface area contributed by atoms with Crippen molar-refractivity contribution in [1.29, 1.82) is 0 Å². The third kappa shape index (κ3) is 2.24. The van der Waals surface area contributed by atoms with Crippen LogP contribution in [0.4, 0.5) is 10.1 Å². The number of halogens is 1. The van der Waals surface area contributed by atoms with Gasteiger partial charge in [-0.25, -0.2) is 9.29 Å². The molecule has 1 aliphatic rings. The van der Waals surface area contributed by atoms with Gasteiger partial charge in [0.05, 0.1) is 18.4 Å². The minimum atomic E-state index is -0.971. The number of benzene rings is 2. The smallest absolute Gasteiger partial charge is 0.301 e. The number of para-hydroxylation sites is 2. The number of hydrogen-bond acceptors (Lipinski definition) is 4. The molecule has 0 aliphatic carbocycles. The van der Waals surface area contributed by atoms with Crippen LogP contribution in [0.2, 0.25) is 0 Å². The summed E-state index contributed by atoms with van der Waals surface area (Å²) in [5.74, 6) is -2.92. The number of hydrogen-bond donors (Lipinski definition) is 1. The first-order chi connectivity index (χ1) is 11.1. The van der Waals surface area contributed by atoms with Crippen molar-refractivity contribution in [3.63, 3.8) is 0 Å². The number of anilines is 1. The molecule has 23 heavy (non-hydrogen) atoms. The molecule has 0 radical (unpaired) electrons. The summed E-state index contributed by atoms with van der Waals surface area (Å²) in [7, 11) is 1.41. The first-order valence-corrected chi connectivity index (χ1v) is 6.76. The normalized spacial score (nSPS) is 14.6. The Morgan fingerprint density at radius 2 is 1.65 bits per heavy atom. The molecule has 0 bridgehead atoms. The zero-order valence-corrected chi connectivity index (χ0v) is 12.1. The predicted octanol–water partition coefficient (Wildman–Crippen LogP) is 2.68. The van der Waals surface area contributed by atoms with E-state index in [0.29, 0.717) is 10.6 Å². The van der Waals surface area contributed by atoms with Gasteiger partial charge in [0.25, 0.3) is 5.91 Å². The number of carbonyl (C=O) groups excluding carboxylic acids is 2. The largest absolute Gasteiger partial charge is 0.502 e. The van der Waals surface area contributed by atoms with E-state index in [-0.39, 0.29) is 16.8 Å². The zero-order chi connectivity index (χ0) is 16.6. The van der Waals surface area contributed by atoms with Gasteiger partial charge in [-0.3, -0.25) is 9.59 Å². The molecule has 1 aliphatic heterocycles. The van der Waals surface area contributed by atoms with Crippen LogP contribution in [0.25, 0.3) is 5.57 Å². The van der Waals surface area contributed by atoms with Gasteiger partial charge in [0.1, 0.15) is 11.6 Å². The number of nitrogens with zero attached hydrogens (tertiary/aromatic N) is 1. The summed E-state index contributed by atoms with van der Waals surface area (Å²) in [6.07, 6.45) is 0. The minimum Gasteiger partial charge on any atom is -0.502 e. The molecule has 6 heteroatoms. The summed E-state index contributed by atoms with van der Waals surface area (Å²) in [6.45, 7) is 0. The van der Waals surface area contributed by atoms with E-state index >= 15 is 0 Å². The second-order valence-electron chi connectivity index (χ2n) is 4.82. The fraction of sp³-hybridized carbons (Fsp3) is 0.0588. The van der Waals surface area contributed by atoms with E-state index in [2.05, 4.69) is 0 Å². The van der Waals surface area contributed by atoms with Crippen LogP contribution in [-0.4, -0.2) is 24.0 Å². The Bertz CT molecular complexity index is 844. The van der Waals surface area contributed by atoms with Crippen LogP contribution in [-0.2, 0) is 9.59 Å². The maximum atomic E-state index is 13.9. The highest BCUT2D eigenvalue weighted by Gasteiger charge is 2.42. The number of aliphatic hydroxyl groups excluding tert-OH is 1. The number of amides is 2. The van der Waals surface area contributed by atoms with Gasteiger partial charge >= 0.3 is 5.91 Å². The van der Waals surface area contributed by atoms with Gasteiger partial charge in [0.2, 0.25) is 0 Å². The van der Waals surface area contributed by atoms with Crippen molar-refractivity contribution in [3.05, 3.63) is 65.7 Å². The van der Waals surface area contributed by atoms with Gasteiger partial charge in [-0.1, -0.05) is 30.3 Å². The van der Waals surface area contributed by atoms with Crippen LogP contribution in [0.1, 0.15) is 5.56 Å². The van der Waals surface area contributed by atoms with Crippen molar-refractivity contribution in [1.82, 2.24) is 0 Å². The third-order valence-corrected chi connectivity index (χ3v) is 3.53. The Hall–Kier alpha value is -3.15. The average molecular weight is 313 g/mol. The van der Waals surface area contributed by atoms with Crippen LogP contribution in [0.3, 0.4) is 0 Å². The first-order valence-electron chi connectivity index (χ1n) is 6.76. The molecule has 2 aromatic carbocycles. The van der Waals surface area contributed by atoms with Gasteiger partial charge in [0.15, 0.2) is 5.76 Å². The number of carbonyl (C=O) groups is 2. The van der Waals surface area contributed by atoms with Crippen molar-refractivity contribution in [2.45, 2.75) is 0 Å². The highest BCUT2D eigenvalue weighted by atomic mass is 19.1. The molecule has 0 aromatic heterocycles. The molecule has 0 unspecified atom stereocenters. The Balaban J connectivity index is 2.12. The van der Waals surface area contributed by atoms with Gasteiger partial charge < -0.3 is 9.84 Å². The first kappa shape index (κ1) is 14.8. The number of rotatable bonds is 3. The summed E-state index contributed by atoms with van der Waals surface area (Å²) < 4.78 is 19.1. The number of aliphatic hydroxyl groups is 1. The lowest BCUT2D eigenvalue weighted by molar-refractivity contribution is -0.121. The second kappa shape index (κ2) is 5.57. The van der Waals surface area contributed by atoms with Gasteiger partial charge in [-0.15, -0.1) is 0 Å². The van der Waals surface area contributed by atoms with E-state index in [9.17, 15) is 19.1 Å². The summed E-state index contributed by atoms with van der Waals surface area (Å²) in [6, 6.07) is 11.8. The lowest BCUT2D eigenvalue weighted by Gasteiger charge is -2.15. The molecule has 0 atom stereocenters. The minimum absolute atomic E-state index is 0.209. The van der Waals surface area contributed by atoms with Crippen molar-refractivity contribution >= 4 is 23.1 Å². The predicted molar refractivity (Wildman–Crippen MR) is 81.4 cm³/mol. The molecule has 1 N–H and O–H groups in total. The Labute approximate surface area is 131 Å². The SMILES string of the molecule is COc1ccccc1C1=C(O)C(=O)N(c2ccccc2F)C1=O. The zero-order valence-electron chi connectivity index (χ0n) is 12.1. The average Bonchev–Trinajstić information content (AvgIpc) is 2.78. The molecule has 0 saturated carbocycles. The van der Waals surface area contributed by atoms with Crippen molar-refractivity contribution in [3.8, 4) is 5.75 Å². The molecule has 0 spiro atoms. The highest BCUT2D eigenvalue weighted by molar-refractivity contribution is 6.45. The standard InChI is InChI=1S/C17H12FNO4/c1-23-13-9-5-2-6-10(13)14-15(20)17(22)19(16(14)21)12-8-4-3-7-11(12)18/h2-9,20H,1H3. The van der Waals surface area contributed by atoms with E-state index in [1.165, 1.54) is 25.3 Å². The Morgan fingerprint density at radius 1 is 1.00 bits per heavy atom. The summed E-state index contributed by atoms with van der Waals surface area (Å²) in [5.41, 5.74) is -0.153. The molecule has 2 amide bonds. The van der Waals surface area contributed by atoms with Crippen LogP contribution >= 0.6 is 0 Å². The van der Waals surface area contributed by atoms with Crippen molar-refractivity contribution in [2.24, 2.45) is 0 Å². The van der Waals surface area contributed by atoms with Gasteiger partial charge in [-0.05, 0) is 18.2 Å². The maximum absolute atomic E-state index is 13.9. The molecular formula is C17H12FNO4. The van der Waals surface area contributed by atoms with E-state index < -0.39 is 23.4 Å². The fourth-order valence-electron chi connectivity index (χ4n) is 2.46. The van der Waals surface area contributed by atoms with Crippen LogP contribution in [0.5, 0.6) is 5.75 Å². The summed E-state index contributed by atoms with van der Waals surface area (Å²) in [5, 5.41) is 10.1. The second-order valence-corrected chi connectivity index (χ2v) is 4.82. The van der Waals surface area contributed by atoms with E-state index in [1.807, 2.05) is 0 Å². The molecule has 0 fully saturated rings. The topological polar surface area (TPSA) is 66.8 Å². The Morgan fingerprint density at radius 3 is 2.35 bits per heavy atom. The number of methoxy groups -OCH3 is 1. The molecule has 5 nitrogen and oxygen atoms in total. The van der Waals surface area contributed by atoms with Crippen molar-refractivity contribution < 1.29 is 23.8 Å². The summed E-state index contributed by atoms with van der Waals surface area (Å²) in [4.78, 5) is 25.5. The molecular weight excluding hydrogens is 301 g/mol. The lowest BCUT2D eigenvalue weighted by atomic mass is 10.0. The monoisotopic (exact) mass is 313 g/mol. The van der Waals surface area contributed by atoms with Crippen LogP contribution < -0.4 is 9.64 Å². The third-order valence-electron chi connectivity index (χ3n) is 3.53. The fourth-order valence-corrected chi connectivity index (χ4v) is 2.46. The molecule has 116 valence electrons. The van der Waals surface area contributed by atoms with E-state index in [4.69, 9.17) is 4.74 Å². The van der Waals surface area contributed by atoms with Crippen LogP contribution in [0.15, 0.2) is 54.3 Å². The van der Waals surface area contributed by atoms with Crippen molar-refractivity contribution in [2.75, 3.05) is 12.0 Å². The quantitative estimate of drug-likeness (QED) is 0.885. The van der Waals surface area contributed by atoms with E-state index in [0.717, 1.165) is 6.07 Å². The van der Waals surface area contributed by atoms with E-state index in [1.54, 1.807) is 24.3 Å². The lowest BCUT2D eigenvalue weighted by Crippen LogP contribution is -2.32. The van der Waals surface area contributed by atoms with Gasteiger partial charge in [0, 0.05) is 5.56 Å². The van der Waals surface area contributed by atoms with Crippen LogP contribution in [0, 0.1) is 5.82 Å². The molecule has 0 saturated heterocycles. The Kier molecular flexibility index (Phi) is 3.57. The summed E-state index contributed by atoms with van der Waals surface area (Å²) >= 11 is 0. The molecule has 1 heterocycles. The number of ether oxygens (including phenoxy) is 1. The highest BCUT2D eigenvalue weighted by Crippen LogP contribution is 2.36. The van der Waals surface area contributed by atoms with Gasteiger partial charge in [-0.2, -0.15) is 0 Å². The maximum Gasteiger partial charge on any atom is 0.301 e. The molecule has 2 aromatic rings.